The van der Waals surface area contributed by atoms with Gasteiger partial charge in [0.05, 0.1) is 0 Å². The molecule has 4 nitrogen and oxygen atoms in total. The van der Waals surface area contributed by atoms with Crippen molar-refractivity contribution in [1.82, 2.24) is 9.97 Å². The van der Waals surface area contributed by atoms with Crippen molar-refractivity contribution >= 4 is 5.95 Å². The van der Waals surface area contributed by atoms with E-state index in [1.54, 1.807) is 0 Å². The summed E-state index contributed by atoms with van der Waals surface area (Å²) < 4.78 is 0. The van der Waals surface area contributed by atoms with Crippen LogP contribution in [0.2, 0.25) is 0 Å². The molecule has 96 valence electrons. The molecule has 0 aliphatic heterocycles. The van der Waals surface area contributed by atoms with Crippen LogP contribution < -0.4 is 5.32 Å². The summed E-state index contributed by atoms with van der Waals surface area (Å²) >= 11 is 0. The van der Waals surface area contributed by atoms with Crippen molar-refractivity contribution in [3.8, 4) is 0 Å². The average Bonchev–Trinajstić information content (AvgIpc) is 2.26. The number of aliphatic hydroxyl groups excluding tert-OH is 1. The zero-order chi connectivity index (χ0) is 12.8. The van der Waals surface area contributed by atoms with E-state index in [4.69, 9.17) is 5.11 Å². The average molecular weight is 237 g/mol. The lowest BCUT2D eigenvalue weighted by Crippen LogP contribution is -2.15. The Kier molecular flexibility index (Phi) is 5.35. The van der Waals surface area contributed by atoms with Gasteiger partial charge in [-0.25, -0.2) is 9.97 Å². The highest BCUT2D eigenvalue weighted by Gasteiger charge is 2.07. The lowest BCUT2D eigenvalue weighted by Gasteiger charge is -2.13. The first kappa shape index (κ1) is 13.9. The van der Waals surface area contributed by atoms with Crippen molar-refractivity contribution < 1.29 is 5.11 Å². The van der Waals surface area contributed by atoms with E-state index in [-0.39, 0.29) is 6.61 Å². The standard InChI is InChI=1S/C13H23N3O/c1-9(2)12-7-11(4)15-13(16-12)14-8-10(3)5-6-17/h7,9-10,17H,5-6,8H2,1-4H3,(H,14,15,16). The van der Waals surface area contributed by atoms with Crippen molar-refractivity contribution in [3.05, 3.63) is 17.5 Å². The number of hydrogen-bond donors (Lipinski definition) is 2. The Bertz CT molecular complexity index is 353. The maximum atomic E-state index is 8.84. The first-order valence-electron chi connectivity index (χ1n) is 6.23. The summed E-state index contributed by atoms with van der Waals surface area (Å²) in [4.78, 5) is 8.84. The summed E-state index contributed by atoms with van der Waals surface area (Å²) in [5, 5.41) is 12.1. The van der Waals surface area contributed by atoms with E-state index in [9.17, 15) is 0 Å². The number of anilines is 1. The number of nitrogens with zero attached hydrogens (tertiary/aromatic N) is 2. The molecular formula is C13H23N3O. The molecule has 0 amide bonds. The number of hydrogen-bond acceptors (Lipinski definition) is 4. The molecular weight excluding hydrogens is 214 g/mol. The monoisotopic (exact) mass is 237 g/mol. The number of aliphatic hydroxyl groups is 1. The van der Waals surface area contributed by atoms with Crippen molar-refractivity contribution in [3.63, 3.8) is 0 Å². The normalized spacial score (nSPS) is 12.8. The van der Waals surface area contributed by atoms with Gasteiger partial charge in [-0.1, -0.05) is 20.8 Å². The Morgan fingerprint density at radius 1 is 1.29 bits per heavy atom. The predicted octanol–water partition coefficient (Wildman–Crippen LogP) is 2.34. The SMILES string of the molecule is Cc1cc(C(C)C)nc(NCC(C)CCO)n1. The molecule has 0 aromatic carbocycles. The minimum Gasteiger partial charge on any atom is -0.396 e. The third-order valence-electron chi connectivity index (χ3n) is 2.70. The Morgan fingerprint density at radius 3 is 2.59 bits per heavy atom. The Morgan fingerprint density at radius 2 is 2.00 bits per heavy atom. The third-order valence-corrected chi connectivity index (χ3v) is 2.70. The summed E-state index contributed by atoms with van der Waals surface area (Å²) in [7, 11) is 0. The third kappa shape index (κ3) is 4.69. The largest absolute Gasteiger partial charge is 0.396 e. The maximum absolute atomic E-state index is 8.84. The van der Waals surface area contributed by atoms with Crippen molar-refractivity contribution in [2.75, 3.05) is 18.5 Å². The zero-order valence-corrected chi connectivity index (χ0v) is 11.2. The number of aromatic nitrogens is 2. The molecule has 1 aromatic heterocycles. The van der Waals surface area contributed by atoms with Crippen LogP contribution in [0.25, 0.3) is 0 Å². The molecule has 1 atom stereocenters. The van der Waals surface area contributed by atoms with Gasteiger partial charge in [-0.05, 0) is 31.2 Å². The summed E-state index contributed by atoms with van der Waals surface area (Å²) in [5.41, 5.74) is 2.05. The van der Waals surface area contributed by atoms with Crippen LogP contribution in [0.15, 0.2) is 6.07 Å². The molecule has 4 heteroatoms. The van der Waals surface area contributed by atoms with Crippen LogP contribution in [0, 0.1) is 12.8 Å². The predicted molar refractivity (Wildman–Crippen MR) is 70.2 cm³/mol. The van der Waals surface area contributed by atoms with E-state index in [0.29, 0.717) is 17.8 Å². The molecule has 0 spiro atoms. The highest BCUT2D eigenvalue weighted by Crippen LogP contribution is 2.14. The van der Waals surface area contributed by atoms with Crippen LogP contribution in [0.1, 0.15) is 44.5 Å². The van der Waals surface area contributed by atoms with Crippen molar-refractivity contribution in [2.45, 2.75) is 40.0 Å². The van der Waals surface area contributed by atoms with Crippen LogP contribution in [0.3, 0.4) is 0 Å². The fraction of sp³-hybridized carbons (Fsp3) is 0.692. The second-order valence-corrected chi connectivity index (χ2v) is 4.91. The molecule has 17 heavy (non-hydrogen) atoms. The summed E-state index contributed by atoms with van der Waals surface area (Å²) in [6, 6.07) is 2.02. The minimum absolute atomic E-state index is 0.231. The van der Waals surface area contributed by atoms with Gasteiger partial charge in [0, 0.05) is 24.5 Å². The van der Waals surface area contributed by atoms with Gasteiger partial charge in [-0.2, -0.15) is 0 Å². The lowest BCUT2D eigenvalue weighted by atomic mass is 10.1. The van der Waals surface area contributed by atoms with Crippen molar-refractivity contribution in [1.29, 1.82) is 0 Å². The Hall–Kier alpha value is -1.16. The van der Waals surface area contributed by atoms with E-state index < -0.39 is 0 Å². The first-order valence-corrected chi connectivity index (χ1v) is 6.23. The number of rotatable bonds is 6. The van der Waals surface area contributed by atoms with E-state index >= 15 is 0 Å². The topological polar surface area (TPSA) is 58.0 Å². The van der Waals surface area contributed by atoms with Crippen LogP contribution in [0.5, 0.6) is 0 Å². The first-order chi connectivity index (χ1) is 8.02. The molecule has 0 bridgehead atoms. The van der Waals surface area contributed by atoms with Gasteiger partial charge >= 0.3 is 0 Å². The van der Waals surface area contributed by atoms with E-state index in [1.165, 1.54) is 0 Å². The van der Waals surface area contributed by atoms with E-state index in [1.807, 2.05) is 13.0 Å². The zero-order valence-electron chi connectivity index (χ0n) is 11.2. The van der Waals surface area contributed by atoms with E-state index in [0.717, 1.165) is 24.4 Å². The van der Waals surface area contributed by atoms with Crippen LogP contribution in [-0.4, -0.2) is 28.2 Å². The van der Waals surface area contributed by atoms with E-state index in [2.05, 4.69) is 36.1 Å². The quantitative estimate of drug-likeness (QED) is 0.797. The molecule has 0 fully saturated rings. The van der Waals surface area contributed by atoms with Crippen LogP contribution in [-0.2, 0) is 0 Å². The van der Waals surface area contributed by atoms with Gasteiger partial charge in [0.25, 0.3) is 0 Å². The molecule has 1 aromatic rings. The maximum Gasteiger partial charge on any atom is 0.223 e. The minimum atomic E-state index is 0.231. The molecule has 2 N–H and O–H groups in total. The second kappa shape index (κ2) is 6.55. The fourth-order valence-corrected chi connectivity index (χ4v) is 1.56. The van der Waals surface area contributed by atoms with Gasteiger partial charge in [-0.15, -0.1) is 0 Å². The smallest absolute Gasteiger partial charge is 0.223 e. The van der Waals surface area contributed by atoms with Crippen molar-refractivity contribution in [2.24, 2.45) is 5.92 Å². The molecule has 0 saturated carbocycles. The molecule has 0 aliphatic rings. The molecule has 0 aliphatic carbocycles. The summed E-state index contributed by atoms with van der Waals surface area (Å²) in [5.74, 6) is 1.53. The fourth-order valence-electron chi connectivity index (χ4n) is 1.56. The summed E-state index contributed by atoms with van der Waals surface area (Å²) in [6.07, 6.45) is 0.801. The molecule has 1 rings (SSSR count). The van der Waals surface area contributed by atoms with Gasteiger partial charge < -0.3 is 10.4 Å². The van der Waals surface area contributed by atoms with Crippen LogP contribution >= 0.6 is 0 Å². The Labute approximate surface area is 103 Å². The number of aryl methyl sites for hydroxylation is 1. The van der Waals surface area contributed by atoms with Gasteiger partial charge in [0.1, 0.15) is 0 Å². The molecule has 1 unspecified atom stereocenters. The van der Waals surface area contributed by atoms with Gasteiger partial charge in [0.2, 0.25) is 5.95 Å². The van der Waals surface area contributed by atoms with Gasteiger partial charge in [0.15, 0.2) is 0 Å². The molecule has 1 heterocycles. The molecule has 0 radical (unpaired) electrons. The van der Waals surface area contributed by atoms with Crippen LogP contribution in [0.4, 0.5) is 5.95 Å². The highest BCUT2D eigenvalue weighted by molar-refractivity contribution is 5.29. The lowest BCUT2D eigenvalue weighted by molar-refractivity contribution is 0.265. The highest BCUT2D eigenvalue weighted by atomic mass is 16.3. The number of nitrogens with one attached hydrogen (secondary N) is 1. The second-order valence-electron chi connectivity index (χ2n) is 4.91. The summed E-state index contributed by atoms with van der Waals surface area (Å²) in [6.45, 7) is 9.36. The Balaban J connectivity index is 2.64. The van der Waals surface area contributed by atoms with Gasteiger partial charge in [-0.3, -0.25) is 0 Å². The molecule has 0 saturated heterocycles.